The van der Waals surface area contributed by atoms with Crippen LogP contribution in [-0.4, -0.2) is 12.6 Å². The Kier molecular flexibility index (Phi) is 6.07. The molecule has 0 saturated heterocycles. The quantitative estimate of drug-likeness (QED) is 0.832. The molecule has 1 rings (SSSR count). The smallest absolute Gasteiger partial charge is 0.0207 e. The lowest BCUT2D eigenvalue weighted by Gasteiger charge is -2.18. The minimum absolute atomic E-state index is 0.613. The predicted octanol–water partition coefficient (Wildman–Crippen LogP) is 4.02. The standard InChI is InChI=1S/C14H22BrN/c1-4-16-12(3)9-11(2)10-13-7-5-6-8-14(13)15/h5-8,11-12,16H,4,9-10H2,1-3H3. The van der Waals surface area contributed by atoms with E-state index in [0.717, 1.165) is 13.0 Å². The first-order valence-electron chi connectivity index (χ1n) is 6.10. The van der Waals surface area contributed by atoms with Gasteiger partial charge in [0.2, 0.25) is 0 Å². The van der Waals surface area contributed by atoms with Crippen LogP contribution < -0.4 is 5.32 Å². The Balaban J connectivity index is 2.45. The first kappa shape index (κ1) is 13.7. The summed E-state index contributed by atoms with van der Waals surface area (Å²) in [6.45, 7) is 7.81. The van der Waals surface area contributed by atoms with Gasteiger partial charge in [0, 0.05) is 10.5 Å². The zero-order valence-corrected chi connectivity index (χ0v) is 12.0. The highest BCUT2D eigenvalue weighted by atomic mass is 79.9. The van der Waals surface area contributed by atoms with Crippen molar-refractivity contribution in [1.29, 1.82) is 0 Å². The first-order valence-corrected chi connectivity index (χ1v) is 6.89. The first-order chi connectivity index (χ1) is 7.63. The van der Waals surface area contributed by atoms with Crippen LogP contribution in [0.5, 0.6) is 0 Å². The van der Waals surface area contributed by atoms with Gasteiger partial charge in [0.05, 0.1) is 0 Å². The van der Waals surface area contributed by atoms with Gasteiger partial charge in [0.1, 0.15) is 0 Å². The molecule has 0 bridgehead atoms. The van der Waals surface area contributed by atoms with Crippen LogP contribution in [0, 0.1) is 5.92 Å². The van der Waals surface area contributed by atoms with Crippen LogP contribution in [0.4, 0.5) is 0 Å². The summed E-state index contributed by atoms with van der Waals surface area (Å²) in [7, 11) is 0. The second-order valence-corrected chi connectivity index (χ2v) is 5.45. The highest BCUT2D eigenvalue weighted by Gasteiger charge is 2.09. The minimum Gasteiger partial charge on any atom is -0.315 e. The Hall–Kier alpha value is -0.340. The van der Waals surface area contributed by atoms with Gasteiger partial charge in [0.25, 0.3) is 0 Å². The third-order valence-corrected chi connectivity index (χ3v) is 3.61. The Morgan fingerprint density at radius 2 is 1.94 bits per heavy atom. The Bertz CT molecular complexity index is 311. The van der Waals surface area contributed by atoms with E-state index in [-0.39, 0.29) is 0 Å². The number of halogens is 1. The molecule has 2 unspecified atom stereocenters. The second kappa shape index (κ2) is 7.08. The summed E-state index contributed by atoms with van der Waals surface area (Å²) in [5, 5.41) is 3.47. The highest BCUT2D eigenvalue weighted by molar-refractivity contribution is 9.10. The highest BCUT2D eigenvalue weighted by Crippen LogP contribution is 2.21. The number of hydrogen-bond donors (Lipinski definition) is 1. The molecule has 0 aliphatic rings. The number of benzene rings is 1. The third-order valence-electron chi connectivity index (χ3n) is 2.83. The van der Waals surface area contributed by atoms with E-state index in [1.165, 1.54) is 16.5 Å². The van der Waals surface area contributed by atoms with Crippen LogP contribution in [0.1, 0.15) is 32.8 Å². The molecule has 0 spiro atoms. The van der Waals surface area contributed by atoms with Crippen molar-refractivity contribution < 1.29 is 0 Å². The molecular formula is C14H22BrN. The number of hydrogen-bond acceptors (Lipinski definition) is 1. The molecule has 0 radical (unpaired) electrons. The van der Waals surface area contributed by atoms with Gasteiger partial charge in [-0.15, -0.1) is 0 Å². The van der Waals surface area contributed by atoms with Crippen LogP contribution in [0.25, 0.3) is 0 Å². The molecule has 0 fully saturated rings. The van der Waals surface area contributed by atoms with E-state index in [1.54, 1.807) is 0 Å². The fourth-order valence-corrected chi connectivity index (χ4v) is 2.60. The minimum atomic E-state index is 0.613. The van der Waals surface area contributed by atoms with Crippen LogP contribution in [0.2, 0.25) is 0 Å². The molecule has 90 valence electrons. The maximum atomic E-state index is 3.61. The largest absolute Gasteiger partial charge is 0.315 e. The number of nitrogens with one attached hydrogen (secondary N) is 1. The molecule has 0 aliphatic heterocycles. The molecule has 1 nitrogen and oxygen atoms in total. The van der Waals surface area contributed by atoms with Gasteiger partial charge < -0.3 is 5.32 Å². The van der Waals surface area contributed by atoms with E-state index < -0.39 is 0 Å². The molecule has 1 aromatic carbocycles. The molecule has 16 heavy (non-hydrogen) atoms. The van der Waals surface area contributed by atoms with Crippen molar-refractivity contribution in [3.63, 3.8) is 0 Å². The van der Waals surface area contributed by atoms with Gasteiger partial charge in [-0.25, -0.2) is 0 Å². The Morgan fingerprint density at radius 3 is 2.56 bits per heavy atom. The summed E-state index contributed by atoms with van der Waals surface area (Å²) in [5.74, 6) is 0.716. The average Bonchev–Trinajstić information content (AvgIpc) is 2.21. The molecule has 2 heteroatoms. The van der Waals surface area contributed by atoms with Crippen molar-refractivity contribution in [3.05, 3.63) is 34.3 Å². The van der Waals surface area contributed by atoms with Crippen LogP contribution in [0.15, 0.2) is 28.7 Å². The summed E-state index contributed by atoms with van der Waals surface area (Å²) in [6, 6.07) is 9.12. The van der Waals surface area contributed by atoms with E-state index >= 15 is 0 Å². The molecular weight excluding hydrogens is 262 g/mol. The summed E-state index contributed by atoms with van der Waals surface area (Å²) in [6.07, 6.45) is 2.38. The average molecular weight is 284 g/mol. The topological polar surface area (TPSA) is 12.0 Å². The van der Waals surface area contributed by atoms with Crippen molar-refractivity contribution >= 4 is 15.9 Å². The van der Waals surface area contributed by atoms with Crippen LogP contribution in [0.3, 0.4) is 0 Å². The van der Waals surface area contributed by atoms with E-state index in [4.69, 9.17) is 0 Å². The van der Waals surface area contributed by atoms with Gasteiger partial charge in [-0.3, -0.25) is 0 Å². The zero-order valence-electron chi connectivity index (χ0n) is 10.5. The second-order valence-electron chi connectivity index (χ2n) is 4.60. The van der Waals surface area contributed by atoms with E-state index in [2.05, 4.69) is 66.3 Å². The predicted molar refractivity (Wildman–Crippen MR) is 74.8 cm³/mol. The maximum Gasteiger partial charge on any atom is 0.0207 e. The molecule has 0 aliphatic carbocycles. The van der Waals surface area contributed by atoms with Gasteiger partial charge in [-0.2, -0.15) is 0 Å². The fourth-order valence-electron chi connectivity index (χ4n) is 2.16. The van der Waals surface area contributed by atoms with Crippen LogP contribution in [-0.2, 0) is 6.42 Å². The summed E-state index contributed by atoms with van der Waals surface area (Å²) >= 11 is 3.61. The van der Waals surface area contributed by atoms with E-state index in [9.17, 15) is 0 Å². The zero-order chi connectivity index (χ0) is 12.0. The molecule has 0 saturated carbocycles. The van der Waals surface area contributed by atoms with Gasteiger partial charge in [-0.1, -0.05) is 48.0 Å². The van der Waals surface area contributed by atoms with Crippen molar-refractivity contribution in [2.24, 2.45) is 5.92 Å². The normalized spacial score (nSPS) is 14.8. The Labute approximate surface area is 108 Å². The van der Waals surface area contributed by atoms with Gasteiger partial charge >= 0.3 is 0 Å². The maximum absolute atomic E-state index is 3.61. The lowest BCUT2D eigenvalue weighted by atomic mass is 9.95. The summed E-state index contributed by atoms with van der Waals surface area (Å²) in [4.78, 5) is 0. The SMILES string of the molecule is CCNC(C)CC(C)Cc1ccccc1Br. The van der Waals surface area contributed by atoms with Gasteiger partial charge in [-0.05, 0) is 43.9 Å². The number of rotatable bonds is 6. The van der Waals surface area contributed by atoms with Crippen LogP contribution >= 0.6 is 15.9 Å². The van der Waals surface area contributed by atoms with Crippen molar-refractivity contribution in [3.8, 4) is 0 Å². The Morgan fingerprint density at radius 1 is 1.25 bits per heavy atom. The molecule has 0 amide bonds. The van der Waals surface area contributed by atoms with E-state index in [1.807, 2.05) is 0 Å². The fraction of sp³-hybridized carbons (Fsp3) is 0.571. The lowest BCUT2D eigenvalue weighted by Crippen LogP contribution is -2.27. The third kappa shape index (κ3) is 4.67. The van der Waals surface area contributed by atoms with Crippen molar-refractivity contribution in [2.45, 2.75) is 39.7 Å². The van der Waals surface area contributed by atoms with E-state index in [0.29, 0.717) is 12.0 Å². The molecule has 0 heterocycles. The summed E-state index contributed by atoms with van der Waals surface area (Å²) in [5.41, 5.74) is 1.42. The molecule has 0 aromatic heterocycles. The monoisotopic (exact) mass is 283 g/mol. The summed E-state index contributed by atoms with van der Waals surface area (Å²) < 4.78 is 1.23. The van der Waals surface area contributed by atoms with Crippen molar-refractivity contribution in [1.82, 2.24) is 5.32 Å². The van der Waals surface area contributed by atoms with Crippen molar-refractivity contribution in [2.75, 3.05) is 6.54 Å². The molecule has 1 N–H and O–H groups in total. The molecule has 1 aromatic rings. The van der Waals surface area contributed by atoms with Gasteiger partial charge in [0.15, 0.2) is 0 Å². The lowest BCUT2D eigenvalue weighted by molar-refractivity contribution is 0.426. The molecule has 2 atom stereocenters.